The normalized spacial score (nSPS) is 20.8. The molecule has 1 fully saturated rings. The Balaban J connectivity index is 1.55. The molecule has 2 aromatic carbocycles. The molecule has 7 heteroatoms. The maximum atomic E-state index is 11.5. The second kappa shape index (κ2) is 10.6. The average Bonchev–Trinajstić information content (AvgIpc) is 2.77. The van der Waals surface area contributed by atoms with Crippen molar-refractivity contribution in [1.82, 2.24) is 0 Å². The molecule has 1 saturated carbocycles. The van der Waals surface area contributed by atoms with Crippen LogP contribution in [0.4, 0.5) is 0 Å². The lowest BCUT2D eigenvalue weighted by Crippen LogP contribution is -2.30. The highest BCUT2D eigenvalue weighted by molar-refractivity contribution is 5.70. The van der Waals surface area contributed by atoms with Crippen molar-refractivity contribution in [2.45, 2.75) is 32.3 Å². The number of carboxylic acids is 1. The third-order valence-electron chi connectivity index (χ3n) is 5.67. The van der Waals surface area contributed by atoms with Gasteiger partial charge in [-0.2, -0.15) is 0 Å². The Hall–Kier alpha value is -3.18. The van der Waals surface area contributed by atoms with Crippen LogP contribution in [0.25, 0.3) is 10.4 Å². The summed E-state index contributed by atoms with van der Waals surface area (Å²) in [6.07, 6.45) is 2.95. The third-order valence-corrected chi connectivity index (χ3v) is 5.67. The maximum Gasteiger partial charge on any atom is 0.306 e. The second-order valence-corrected chi connectivity index (χ2v) is 7.87. The second-order valence-electron chi connectivity index (χ2n) is 7.87. The van der Waals surface area contributed by atoms with Gasteiger partial charge in [0.05, 0.1) is 13.0 Å². The summed E-state index contributed by atoms with van der Waals surface area (Å²) in [7, 11) is 1.64. The molecule has 1 aliphatic rings. The number of nitrogens with zero attached hydrogens (tertiary/aromatic N) is 3. The van der Waals surface area contributed by atoms with E-state index < -0.39 is 5.97 Å². The van der Waals surface area contributed by atoms with Crippen molar-refractivity contribution in [3.8, 4) is 11.5 Å². The first-order valence-electron chi connectivity index (χ1n) is 10.2. The molecule has 2 aromatic rings. The Bertz CT molecular complexity index is 876. The molecule has 0 amide bonds. The molecular formula is C23H27N3O4. The topological polar surface area (TPSA) is 105 Å². The SMILES string of the molecule is COc1ccc(COc2ccc(CC3CC(CN=[N+]=[N-])CC(C(=O)O)C3)cc2)cc1. The lowest BCUT2D eigenvalue weighted by molar-refractivity contribution is -0.144. The van der Waals surface area contributed by atoms with E-state index in [1.54, 1.807) is 7.11 Å². The van der Waals surface area contributed by atoms with Gasteiger partial charge in [0.25, 0.3) is 0 Å². The monoisotopic (exact) mass is 409 g/mol. The number of carboxylic acid groups (broad SMARTS) is 1. The smallest absolute Gasteiger partial charge is 0.306 e. The number of rotatable bonds is 9. The van der Waals surface area contributed by atoms with E-state index in [1.165, 1.54) is 0 Å². The van der Waals surface area contributed by atoms with E-state index in [1.807, 2.05) is 48.5 Å². The van der Waals surface area contributed by atoms with E-state index in [0.29, 0.717) is 26.0 Å². The standard InChI is InChI=1S/C23H27N3O4/c1-29-21-6-4-17(5-7-21)15-30-22-8-2-16(3-9-22)10-18-11-19(14-25-26-24)13-20(12-18)23(27)28/h2-9,18-20H,10-15H2,1H3,(H,27,28). The average molecular weight is 409 g/mol. The van der Waals surface area contributed by atoms with Gasteiger partial charge in [-0.05, 0) is 78.4 Å². The highest BCUT2D eigenvalue weighted by Crippen LogP contribution is 2.36. The molecule has 0 aromatic heterocycles. The fourth-order valence-corrected chi connectivity index (χ4v) is 4.18. The van der Waals surface area contributed by atoms with Gasteiger partial charge in [-0.15, -0.1) is 0 Å². The van der Waals surface area contributed by atoms with Crippen molar-refractivity contribution in [3.63, 3.8) is 0 Å². The molecule has 0 saturated heterocycles. The van der Waals surface area contributed by atoms with E-state index in [4.69, 9.17) is 15.0 Å². The molecule has 0 radical (unpaired) electrons. The van der Waals surface area contributed by atoms with Gasteiger partial charge < -0.3 is 14.6 Å². The van der Waals surface area contributed by atoms with Crippen LogP contribution in [-0.4, -0.2) is 24.7 Å². The van der Waals surface area contributed by atoms with E-state index in [9.17, 15) is 9.90 Å². The molecular weight excluding hydrogens is 382 g/mol. The molecule has 0 aliphatic heterocycles. The fraction of sp³-hybridized carbons (Fsp3) is 0.435. The Morgan fingerprint density at radius 1 is 1.03 bits per heavy atom. The summed E-state index contributed by atoms with van der Waals surface area (Å²) in [5.41, 5.74) is 10.8. The summed E-state index contributed by atoms with van der Waals surface area (Å²) >= 11 is 0. The molecule has 1 N–H and O–H groups in total. The predicted octanol–water partition coefficient (Wildman–Crippen LogP) is 5.24. The molecule has 30 heavy (non-hydrogen) atoms. The highest BCUT2D eigenvalue weighted by atomic mass is 16.5. The van der Waals surface area contributed by atoms with Gasteiger partial charge in [-0.25, -0.2) is 0 Å². The van der Waals surface area contributed by atoms with Crippen LogP contribution in [0.3, 0.4) is 0 Å². The number of ether oxygens (including phenoxy) is 2. The zero-order valence-electron chi connectivity index (χ0n) is 17.1. The largest absolute Gasteiger partial charge is 0.497 e. The van der Waals surface area contributed by atoms with Gasteiger partial charge in [0.2, 0.25) is 0 Å². The molecule has 3 atom stereocenters. The van der Waals surface area contributed by atoms with E-state index in [2.05, 4.69) is 10.0 Å². The lowest BCUT2D eigenvalue weighted by atomic mass is 9.73. The van der Waals surface area contributed by atoms with Crippen molar-refractivity contribution in [3.05, 3.63) is 70.1 Å². The molecule has 0 bridgehead atoms. The van der Waals surface area contributed by atoms with Crippen LogP contribution in [-0.2, 0) is 17.8 Å². The first kappa shape index (κ1) is 21.5. The summed E-state index contributed by atoms with van der Waals surface area (Å²) in [4.78, 5) is 14.3. The Morgan fingerprint density at radius 2 is 1.67 bits per heavy atom. The molecule has 3 rings (SSSR count). The van der Waals surface area contributed by atoms with Gasteiger partial charge >= 0.3 is 5.97 Å². The van der Waals surface area contributed by atoms with Crippen LogP contribution < -0.4 is 9.47 Å². The summed E-state index contributed by atoms with van der Waals surface area (Å²) in [6, 6.07) is 15.7. The fourth-order valence-electron chi connectivity index (χ4n) is 4.18. The van der Waals surface area contributed by atoms with E-state index in [0.717, 1.165) is 35.5 Å². The lowest BCUT2D eigenvalue weighted by Gasteiger charge is -2.32. The third kappa shape index (κ3) is 6.16. The van der Waals surface area contributed by atoms with Crippen molar-refractivity contribution in [1.29, 1.82) is 0 Å². The van der Waals surface area contributed by atoms with Crippen LogP contribution in [0.5, 0.6) is 11.5 Å². The van der Waals surface area contributed by atoms with Gasteiger partial charge in [-0.1, -0.05) is 29.4 Å². The van der Waals surface area contributed by atoms with E-state index in [-0.39, 0.29) is 17.8 Å². The minimum Gasteiger partial charge on any atom is -0.497 e. The predicted molar refractivity (Wildman–Crippen MR) is 113 cm³/mol. The first-order valence-corrected chi connectivity index (χ1v) is 10.2. The van der Waals surface area contributed by atoms with E-state index >= 15 is 0 Å². The molecule has 0 spiro atoms. The number of carbonyl (C=O) groups is 1. The van der Waals surface area contributed by atoms with Gasteiger partial charge in [0.15, 0.2) is 0 Å². The van der Waals surface area contributed by atoms with Crippen molar-refractivity contribution >= 4 is 5.97 Å². The van der Waals surface area contributed by atoms with Gasteiger partial charge in [-0.3, -0.25) is 4.79 Å². The number of methoxy groups -OCH3 is 1. The number of hydrogen-bond acceptors (Lipinski definition) is 4. The van der Waals surface area contributed by atoms with Crippen molar-refractivity contribution < 1.29 is 19.4 Å². The van der Waals surface area contributed by atoms with Crippen LogP contribution in [0.1, 0.15) is 30.4 Å². The van der Waals surface area contributed by atoms with Crippen LogP contribution in [0.15, 0.2) is 53.6 Å². The van der Waals surface area contributed by atoms with Gasteiger partial charge in [0.1, 0.15) is 18.1 Å². The molecule has 0 heterocycles. The summed E-state index contributed by atoms with van der Waals surface area (Å²) in [5.74, 6) is 0.890. The minimum atomic E-state index is -0.757. The number of aliphatic carboxylic acids is 1. The summed E-state index contributed by atoms with van der Waals surface area (Å²) in [6.45, 7) is 0.849. The van der Waals surface area contributed by atoms with Crippen molar-refractivity contribution in [2.75, 3.05) is 13.7 Å². The van der Waals surface area contributed by atoms with Crippen LogP contribution in [0.2, 0.25) is 0 Å². The minimum absolute atomic E-state index is 0.132. The summed E-state index contributed by atoms with van der Waals surface area (Å²) < 4.78 is 11.0. The number of azide groups is 1. The Labute approximate surface area is 176 Å². The number of hydrogen-bond donors (Lipinski definition) is 1. The molecule has 3 unspecified atom stereocenters. The Morgan fingerprint density at radius 3 is 2.30 bits per heavy atom. The van der Waals surface area contributed by atoms with Crippen molar-refractivity contribution in [2.24, 2.45) is 22.9 Å². The summed E-state index contributed by atoms with van der Waals surface area (Å²) in [5, 5.41) is 13.1. The zero-order valence-corrected chi connectivity index (χ0v) is 17.1. The number of benzene rings is 2. The highest BCUT2D eigenvalue weighted by Gasteiger charge is 2.32. The zero-order chi connectivity index (χ0) is 21.3. The van der Waals surface area contributed by atoms with Crippen LogP contribution in [0, 0.1) is 17.8 Å². The molecule has 7 nitrogen and oxygen atoms in total. The maximum absolute atomic E-state index is 11.5. The first-order chi connectivity index (χ1) is 14.6. The van der Waals surface area contributed by atoms with Gasteiger partial charge in [0, 0.05) is 11.5 Å². The molecule has 158 valence electrons. The Kier molecular flexibility index (Phi) is 7.57. The van der Waals surface area contributed by atoms with Crippen LogP contribution >= 0.6 is 0 Å². The quantitative estimate of drug-likeness (QED) is 0.347. The molecule has 1 aliphatic carbocycles.